The molecule has 2 heterocycles. The Balaban J connectivity index is 1.95. The van der Waals surface area contributed by atoms with Crippen LogP contribution in [0.3, 0.4) is 0 Å². The monoisotopic (exact) mass is 312 g/mol. The molecule has 0 aliphatic rings. The SMILES string of the molecule is NC(=O)c1cc(-c2ccccc2)sc1NC(=O)c1ccco1. The summed E-state index contributed by atoms with van der Waals surface area (Å²) in [5, 5.41) is 3.08. The van der Waals surface area contributed by atoms with Crippen molar-refractivity contribution in [3.8, 4) is 10.4 Å². The maximum Gasteiger partial charge on any atom is 0.291 e. The molecule has 2 amide bonds. The topological polar surface area (TPSA) is 85.3 Å². The number of anilines is 1. The summed E-state index contributed by atoms with van der Waals surface area (Å²) >= 11 is 1.29. The van der Waals surface area contributed by atoms with E-state index in [1.807, 2.05) is 30.3 Å². The van der Waals surface area contributed by atoms with Crippen LogP contribution in [0.15, 0.2) is 59.2 Å². The molecule has 0 unspecified atom stereocenters. The van der Waals surface area contributed by atoms with Gasteiger partial charge in [-0.1, -0.05) is 30.3 Å². The average Bonchev–Trinajstić information content (AvgIpc) is 3.17. The molecule has 0 fully saturated rings. The Bertz CT molecular complexity index is 807. The molecule has 110 valence electrons. The second kappa shape index (κ2) is 5.87. The van der Waals surface area contributed by atoms with E-state index in [1.165, 1.54) is 17.6 Å². The normalized spacial score (nSPS) is 10.4. The van der Waals surface area contributed by atoms with Gasteiger partial charge < -0.3 is 15.5 Å². The van der Waals surface area contributed by atoms with E-state index in [1.54, 1.807) is 18.2 Å². The van der Waals surface area contributed by atoms with E-state index in [4.69, 9.17) is 10.2 Å². The van der Waals surface area contributed by atoms with Crippen LogP contribution in [0.2, 0.25) is 0 Å². The first kappa shape index (κ1) is 14.1. The molecular weight excluding hydrogens is 300 g/mol. The molecule has 22 heavy (non-hydrogen) atoms. The number of rotatable bonds is 4. The minimum Gasteiger partial charge on any atom is -0.459 e. The molecule has 0 aliphatic heterocycles. The van der Waals surface area contributed by atoms with E-state index in [9.17, 15) is 9.59 Å². The fourth-order valence-corrected chi connectivity index (χ4v) is 3.05. The number of carbonyl (C=O) groups excluding carboxylic acids is 2. The fraction of sp³-hybridized carbons (Fsp3) is 0. The van der Waals surface area contributed by atoms with Crippen molar-refractivity contribution in [3.63, 3.8) is 0 Å². The number of thiophene rings is 1. The number of hydrogen-bond donors (Lipinski definition) is 2. The molecular formula is C16H12N2O3S. The Hall–Kier alpha value is -2.86. The lowest BCUT2D eigenvalue weighted by molar-refractivity contribution is 0.0997. The van der Waals surface area contributed by atoms with E-state index < -0.39 is 11.8 Å². The zero-order valence-electron chi connectivity index (χ0n) is 11.4. The molecule has 0 bridgehead atoms. The Labute approximate surface area is 130 Å². The van der Waals surface area contributed by atoms with Gasteiger partial charge in [-0.15, -0.1) is 11.3 Å². The summed E-state index contributed by atoms with van der Waals surface area (Å²) in [7, 11) is 0. The van der Waals surface area contributed by atoms with Crippen LogP contribution in [-0.2, 0) is 0 Å². The third-order valence-corrected chi connectivity index (χ3v) is 4.13. The Morgan fingerprint density at radius 2 is 1.86 bits per heavy atom. The summed E-state index contributed by atoms with van der Waals surface area (Å²) in [6.07, 6.45) is 1.41. The molecule has 0 saturated carbocycles. The highest BCUT2D eigenvalue weighted by Crippen LogP contribution is 2.35. The van der Waals surface area contributed by atoms with Crippen molar-refractivity contribution in [2.24, 2.45) is 5.73 Å². The number of primary amides is 1. The molecule has 3 N–H and O–H groups in total. The fourth-order valence-electron chi connectivity index (χ4n) is 1.98. The maximum absolute atomic E-state index is 12.0. The van der Waals surface area contributed by atoms with Crippen LogP contribution < -0.4 is 11.1 Å². The number of amides is 2. The van der Waals surface area contributed by atoms with Gasteiger partial charge in [0.25, 0.3) is 11.8 Å². The van der Waals surface area contributed by atoms with Crippen LogP contribution in [0.25, 0.3) is 10.4 Å². The van der Waals surface area contributed by atoms with Crippen LogP contribution in [-0.4, -0.2) is 11.8 Å². The van der Waals surface area contributed by atoms with Crippen LogP contribution in [0.4, 0.5) is 5.00 Å². The van der Waals surface area contributed by atoms with Gasteiger partial charge in [0.15, 0.2) is 5.76 Å². The van der Waals surface area contributed by atoms with E-state index >= 15 is 0 Å². The average molecular weight is 312 g/mol. The first-order chi connectivity index (χ1) is 10.6. The highest BCUT2D eigenvalue weighted by atomic mass is 32.1. The first-order valence-corrected chi connectivity index (χ1v) is 7.30. The summed E-state index contributed by atoms with van der Waals surface area (Å²) in [5.74, 6) is -0.841. The molecule has 0 aliphatic carbocycles. The number of hydrogen-bond acceptors (Lipinski definition) is 4. The standard InChI is InChI=1S/C16H12N2O3S/c17-14(19)11-9-13(10-5-2-1-3-6-10)22-16(11)18-15(20)12-7-4-8-21-12/h1-9H,(H2,17,19)(H,18,20). The smallest absolute Gasteiger partial charge is 0.291 e. The van der Waals surface area contributed by atoms with Gasteiger partial charge in [-0.05, 0) is 23.8 Å². The summed E-state index contributed by atoms with van der Waals surface area (Å²) in [5.41, 5.74) is 6.63. The number of furan rings is 1. The Morgan fingerprint density at radius 1 is 1.09 bits per heavy atom. The van der Waals surface area contributed by atoms with Crippen LogP contribution >= 0.6 is 11.3 Å². The molecule has 0 radical (unpaired) electrons. The maximum atomic E-state index is 12.0. The minimum absolute atomic E-state index is 0.171. The molecule has 5 nitrogen and oxygen atoms in total. The van der Waals surface area contributed by atoms with Crippen molar-refractivity contribution in [1.29, 1.82) is 0 Å². The lowest BCUT2D eigenvalue weighted by Gasteiger charge is -2.01. The predicted molar refractivity (Wildman–Crippen MR) is 84.9 cm³/mol. The van der Waals surface area contributed by atoms with Crippen molar-refractivity contribution in [1.82, 2.24) is 0 Å². The summed E-state index contributed by atoms with van der Waals surface area (Å²) in [6.45, 7) is 0. The lowest BCUT2D eigenvalue weighted by atomic mass is 10.1. The third kappa shape index (κ3) is 2.77. The van der Waals surface area contributed by atoms with Crippen molar-refractivity contribution in [3.05, 3.63) is 66.1 Å². The van der Waals surface area contributed by atoms with E-state index in [0.29, 0.717) is 5.00 Å². The molecule has 3 aromatic rings. The van der Waals surface area contributed by atoms with Crippen LogP contribution in [0.1, 0.15) is 20.9 Å². The highest BCUT2D eigenvalue weighted by molar-refractivity contribution is 7.20. The van der Waals surface area contributed by atoms with Crippen molar-refractivity contribution >= 4 is 28.2 Å². The highest BCUT2D eigenvalue weighted by Gasteiger charge is 2.18. The van der Waals surface area contributed by atoms with E-state index in [0.717, 1.165) is 10.4 Å². The largest absolute Gasteiger partial charge is 0.459 e. The molecule has 0 spiro atoms. The number of benzene rings is 1. The number of carbonyl (C=O) groups is 2. The lowest BCUT2D eigenvalue weighted by Crippen LogP contribution is -2.16. The second-order valence-electron chi connectivity index (χ2n) is 4.52. The second-order valence-corrected chi connectivity index (χ2v) is 5.57. The van der Waals surface area contributed by atoms with E-state index in [2.05, 4.69) is 5.32 Å². The van der Waals surface area contributed by atoms with Gasteiger partial charge in [-0.25, -0.2) is 0 Å². The molecule has 1 aromatic carbocycles. The summed E-state index contributed by atoms with van der Waals surface area (Å²) in [6, 6.07) is 14.4. The molecule has 6 heteroatoms. The zero-order chi connectivity index (χ0) is 15.5. The van der Waals surface area contributed by atoms with Gasteiger partial charge in [0, 0.05) is 4.88 Å². The van der Waals surface area contributed by atoms with Crippen molar-refractivity contribution in [2.45, 2.75) is 0 Å². The van der Waals surface area contributed by atoms with Gasteiger partial charge in [0.05, 0.1) is 11.8 Å². The van der Waals surface area contributed by atoms with Crippen molar-refractivity contribution in [2.75, 3.05) is 5.32 Å². The van der Waals surface area contributed by atoms with Crippen LogP contribution in [0.5, 0.6) is 0 Å². The van der Waals surface area contributed by atoms with Gasteiger partial charge in [0.1, 0.15) is 5.00 Å². The zero-order valence-corrected chi connectivity index (χ0v) is 12.2. The van der Waals surface area contributed by atoms with Gasteiger partial charge >= 0.3 is 0 Å². The molecule has 3 rings (SSSR count). The minimum atomic E-state index is -0.590. The van der Waals surface area contributed by atoms with Gasteiger partial charge in [0.2, 0.25) is 0 Å². The third-order valence-electron chi connectivity index (χ3n) is 3.03. The van der Waals surface area contributed by atoms with Gasteiger partial charge in [-0.3, -0.25) is 9.59 Å². The molecule has 2 aromatic heterocycles. The van der Waals surface area contributed by atoms with Gasteiger partial charge in [-0.2, -0.15) is 0 Å². The quantitative estimate of drug-likeness (QED) is 0.774. The first-order valence-electron chi connectivity index (χ1n) is 6.49. The Morgan fingerprint density at radius 3 is 2.50 bits per heavy atom. The van der Waals surface area contributed by atoms with Crippen LogP contribution in [0, 0.1) is 0 Å². The predicted octanol–water partition coefficient (Wildman–Crippen LogP) is 3.36. The Kier molecular flexibility index (Phi) is 3.76. The van der Waals surface area contributed by atoms with Crippen molar-refractivity contribution < 1.29 is 14.0 Å². The summed E-state index contributed by atoms with van der Waals surface area (Å²) < 4.78 is 5.04. The molecule has 0 saturated heterocycles. The van der Waals surface area contributed by atoms with E-state index in [-0.39, 0.29) is 11.3 Å². The number of nitrogens with one attached hydrogen (secondary N) is 1. The summed E-state index contributed by atoms with van der Waals surface area (Å²) in [4.78, 5) is 24.5. The molecule has 0 atom stereocenters. The number of nitrogens with two attached hydrogens (primary N) is 1.